The number of nitrogens with zero attached hydrogens (tertiary/aromatic N) is 5. The molecule has 0 aromatic heterocycles. The number of unbranched alkanes of at least 4 members (excludes halogenated alkanes) is 1. The van der Waals surface area contributed by atoms with Crippen molar-refractivity contribution >= 4 is 122 Å². The molecule has 7 heterocycles. The second kappa shape index (κ2) is 53.1. The topological polar surface area (TPSA) is 460 Å². The van der Waals surface area contributed by atoms with Crippen molar-refractivity contribution in [2.75, 3.05) is 84.1 Å². The zero-order valence-electron chi connectivity index (χ0n) is 50.4. The SMILES string of the molecule is C.C.C.C.C.C.C.C.C=CC(=O)OCCOCCC(=O)ON1C(=O)CCC1=O.C=CS(=O)(=O)CCOCCC(=O)ON1C(=O)CCC1=O.O=C(CCCC[C@@H]1SC[C@@H]2NC(=O)N[C@@H]21)NCCOCCC(=O)ON1C(=O)CCC1=O.O=C(CCOCCN1C(=O)C=CC1=O)ON1C(=O)CCC1=O. The fourth-order valence-corrected chi connectivity index (χ4v) is 10.3. The molecular formula is C63H104N8O28S2. The molecule has 576 valence electrons. The van der Waals surface area contributed by atoms with Gasteiger partial charge in [-0.15, -0.1) is 20.3 Å². The van der Waals surface area contributed by atoms with Gasteiger partial charge in [0.2, 0.25) is 5.91 Å². The van der Waals surface area contributed by atoms with Gasteiger partial charge in [0.05, 0.1) is 103 Å². The first-order valence-electron chi connectivity index (χ1n) is 29.0. The molecule has 6 saturated heterocycles. The average Bonchev–Trinajstić information content (AvgIpc) is 1.67. The summed E-state index contributed by atoms with van der Waals surface area (Å²) in [6.45, 7) is 7.20. The van der Waals surface area contributed by atoms with Crippen LogP contribution in [0.25, 0.3) is 0 Å². The number of sulfone groups is 1. The Morgan fingerprint density at radius 1 is 0.495 bits per heavy atom. The van der Waals surface area contributed by atoms with Gasteiger partial charge in [-0.1, -0.05) is 79.0 Å². The maximum atomic E-state index is 11.9. The van der Waals surface area contributed by atoms with Crippen LogP contribution in [0.2, 0.25) is 0 Å². The molecule has 0 bridgehead atoms. The van der Waals surface area contributed by atoms with Crippen molar-refractivity contribution in [1.29, 1.82) is 0 Å². The molecule has 0 spiro atoms. The number of carbonyl (C=O) groups excluding carboxylic acids is 17. The average molecular weight is 1490 g/mol. The Kier molecular flexibility index (Phi) is 53.0. The van der Waals surface area contributed by atoms with E-state index in [2.05, 4.69) is 48.4 Å². The Hall–Kier alpha value is -8.85. The lowest BCUT2D eigenvalue weighted by Gasteiger charge is -2.16. The number of nitrogens with one attached hydrogen (secondary N) is 3. The van der Waals surface area contributed by atoms with Crippen LogP contribution in [-0.2, 0) is 130 Å². The van der Waals surface area contributed by atoms with E-state index >= 15 is 0 Å². The van der Waals surface area contributed by atoms with Crippen LogP contribution in [0.4, 0.5) is 4.79 Å². The highest BCUT2D eigenvalue weighted by Crippen LogP contribution is 2.33. The van der Waals surface area contributed by atoms with Gasteiger partial charge in [0.1, 0.15) is 6.61 Å². The fourth-order valence-electron chi connectivity index (χ4n) is 8.20. The molecule has 7 aliphatic rings. The number of hydrogen-bond acceptors (Lipinski definition) is 29. The number of hydroxylamine groups is 8. The number of carbonyl (C=O) groups is 17. The molecule has 101 heavy (non-hydrogen) atoms. The van der Waals surface area contributed by atoms with Crippen molar-refractivity contribution in [3.63, 3.8) is 0 Å². The molecule has 38 heteroatoms. The lowest BCUT2D eigenvalue weighted by Crippen LogP contribution is -2.36. The summed E-state index contributed by atoms with van der Waals surface area (Å²) in [5.41, 5.74) is 0. The summed E-state index contributed by atoms with van der Waals surface area (Å²) < 4.78 is 47.0. The summed E-state index contributed by atoms with van der Waals surface area (Å²) in [4.78, 5) is 211. The number of rotatable bonds is 35. The summed E-state index contributed by atoms with van der Waals surface area (Å²) in [7, 11) is -3.33. The van der Waals surface area contributed by atoms with E-state index in [4.69, 9.17) is 23.8 Å². The molecule has 0 radical (unpaired) electrons. The molecular weight excluding hydrogens is 1380 g/mol. The van der Waals surface area contributed by atoms with Gasteiger partial charge in [0.15, 0.2) is 9.84 Å². The van der Waals surface area contributed by atoms with Crippen LogP contribution < -0.4 is 16.0 Å². The Morgan fingerprint density at radius 3 is 1.26 bits per heavy atom. The molecule has 36 nitrogen and oxygen atoms in total. The maximum absolute atomic E-state index is 11.9. The highest BCUT2D eigenvalue weighted by atomic mass is 32.2. The largest absolute Gasteiger partial charge is 0.460 e. The first-order valence-corrected chi connectivity index (χ1v) is 31.8. The normalized spacial score (nSPS) is 17.4. The van der Waals surface area contributed by atoms with Gasteiger partial charge in [0, 0.05) is 99.0 Å². The van der Waals surface area contributed by atoms with E-state index in [0.29, 0.717) is 38.5 Å². The fraction of sp³-hybridized carbons (Fsp3) is 0.635. The van der Waals surface area contributed by atoms with Gasteiger partial charge in [-0.05, 0) is 12.8 Å². The van der Waals surface area contributed by atoms with Crippen molar-refractivity contribution in [3.8, 4) is 0 Å². The summed E-state index contributed by atoms with van der Waals surface area (Å²) in [5.74, 6) is -8.01. The van der Waals surface area contributed by atoms with Gasteiger partial charge >= 0.3 is 35.9 Å². The van der Waals surface area contributed by atoms with Crippen LogP contribution >= 0.6 is 11.8 Å². The zero-order valence-corrected chi connectivity index (χ0v) is 52.1. The molecule has 3 atom stereocenters. The van der Waals surface area contributed by atoms with Crippen LogP contribution in [0.3, 0.4) is 0 Å². The standard InChI is InChI=1S/C19H28N4O7S.C13H14N2O7.C12H15NO7.C11H15NO7S.8CH4/c24-14(4-2-1-3-13-18-12(11-31-13)21-19(28)22-18)20-8-10-29-9-7-17(27)30-23-15(25)5-6-16(23)26;16-9-1-2-10(17)14(9)6-8-21-7-5-13(20)22-15-11(18)3-4-12(15)19;1-2-11(16)19-8-7-18-6-5-12(17)20-13-9(14)3-4-10(13)15;1-2-20(16,17)8-7-18-6-5-11(15)19-12-9(13)3-4-10(12)14;;;;;;;;/h12-13,18H,1-11H2,(H,20,24)(H2,21,22,28);1-2H,3-8H2;2*2H,1,3-8H2;8*1H4/t12-,13-,18-;;;;;;;;;;;/m0.........../s1. The number of urea groups is 1. The summed E-state index contributed by atoms with van der Waals surface area (Å²) in [5, 5.41) is 11.8. The van der Waals surface area contributed by atoms with E-state index in [9.17, 15) is 89.9 Å². The lowest BCUT2D eigenvalue weighted by molar-refractivity contribution is -0.198. The van der Waals surface area contributed by atoms with Gasteiger partial charge < -0.3 is 59.0 Å². The van der Waals surface area contributed by atoms with E-state index in [1.54, 1.807) is 0 Å². The Balaban J connectivity index is -0.000000402. The van der Waals surface area contributed by atoms with E-state index in [1.165, 1.54) is 12.2 Å². The van der Waals surface area contributed by atoms with Crippen molar-refractivity contribution in [2.45, 2.75) is 179 Å². The molecule has 7 rings (SSSR count). The van der Waals surface area contributed by atoms with Crippen LogP contribution in [-0.4, -0.2) is 236 Å². The highest BCUT2D eigenvalue weighted by molar-refractivity contribution is 8.00. The third-order valence-electron chi connectivity index (χ3n) is 13.0. The molecule has 0 saturated carbocycles. The van der Waals surface area contributed by atoms with Crippen LogP contribution in [0.15, 0.2) is 36.8 Å². The van der Waals surface area contributed by atoms with Crippen molar-refractivity contribution in [1.82, 2.24) is 41.1 Å². The van der Waals surface area contributed by atoms with E-state index < -0.39 is 98.8 Å². The second-order valence-corrected chi connectivity index (χ2v) is 23.3. The van der Waals surface area contributed by atoms with Crippen LogP contribution in [0.5, 0.6) is 0 Å². The molecule has 7 aliphatic heterocycles. The number of esters is 1. The lowest BCUT2D eigenvalue weighted by atomic mass is 10.0. The highest BCUT2D eigenvalue weighted by Gasteiger charge is 2.43. The third kappa shape index (κ3) is 36.9. The quantitative estimate of drug-likeness (QED) is 0.0270. The Morgan fingerprint density at radius 2 is 0.871 bits per heavy atom. The monoisotopic (exact) mass is 1480 g/mol. The molecule has 0 unspecified atom stereocenters. The first kappa shape index (κ1) is 101. The van der Waals surface area contributed by atoms with Crippen molar-refractivity contribution < 1.29 is 133 Å². The first-order chi connectivity index (χ1) is 44.3. The minimum absolute atomic E-state index is 0. The maximum Gasteiger partial charge on any atom is 0.335 e. The summed E-state index contributed by atoms with van der Waals surface area (Å²) >= 11 is 1.86. The predicted molar refractivity (Wildman–Crippen MR) is 362 cm³/mol. The zero-order chi connectivity index (χ0) is 68.5. The van der Waals surface area contributed by atoms with Crippen LogP contribution in [0.1, 0.15) is 162 Å². The van der Waals surface area contributed by atoms with Gasteiger partial charge in [-0.25, -0.2) is 37.2 Å². The number of ether oxygens (including phenoxy) is 5. The molecule has 0 aromatic rings. The van der Waals surface area contributed by atoms with Gasteiger partial charge in [-0.3, -0.25) is 57.6 Å². The summed E-state index contributed by atoms with van der Waals surface area (Å²) in [6.07, 6.45) is 6.26. The smallest absolute Gasteiger partial charge is 0.335 e. The number of imide groups is 5. The Labute approximate surface area is 594 Å². The number of fused-ring (bicyclic) bond motifs is 1. The molecule has 6 fully saturated rings. The molecule has 0 aromatic carbocycles. The molecule has 3 N–H and O–H groups in total. The second-order valence-electron chi connectivity index (χ2n) is 19.9. The van der Waals surface area contributed by atoms with E-state index in [0.717, 1.165) is 41.4 Å². The molecule has 13 amide bonds. The number of thioether (sulfide) groups is 1. The minimum Gasteiger partial charge on any atom is -0.460 e. The predicted octanol–water partition coefficient (Wildman–Crippen LogP) is 3.14. The summed E-state index contributed by atoms with van der Waals surface area (Å²) in [6, 6.07) is 0.325. The van der Waals surface area contributed by atoms with Crippen LogP contribution in [0, 0.1) is 0 Å². The van der Waals surface area contributed by atoms with Crippen molar-refractivity contribution in [2.24, 2.45) is 0 Å². The number of hydrogen-bond donors (Lipinski definition) is 3. The number of amides is 13. The molecule has 0 aliphatic carbocycles. The minimum atomic E-state index is -3.33. The van der Waals surface area contributed by atoms with Gasteiger partial charge in [-0.2, -0.15) is 11.8 Å². The third-order valence-corrected chi connectivity index (χ3v) is 15.8. The van der Waals surface area contributed by atoms with E-state index in [-0.39, 0.29) is 232 Å². The van der Waals surface area contributed by atoms with Crippen molar-refractivity contribution in [3.05, 3.63) is 36.8 Å². The van der Waals surface area contributed by atoms with E-state index in [1.807, 2.05) is 11.8 Å². The Bertz CT molecular complexity index is 2900. The van der Waals surface area contributed by atoms with Gasteiger partial charge in [0.25, 0.3) is 59.1 Å².